The Morgan fingerprint density at radius 1 is 1.10 bits per heavy atom. The molecular formula is C22H38N8O. The maximum atomic E-state index is 11.7. The number of nitrogens with one attached hydrogen (secondary N) is 2. The minimum Gasteiger partial charge on any atom is -0.382 e. The standard InChI is InChI=1S/C22H38N8O/c1-2-3-8-24-22-26-20(23)19-21(27-22)30(18(16-31)25-19)10-5-4-9-28-11-13-29(14-12-28)15-17-6-7-17/h16-18,25H,2-15H2,1H3,(H3,23,24,26,27). The summed E-state index contributed by atoms with van der Waals surface area (Å²) in [6.45, 7) is 10.9. The third kappa shape index (κ3) is 5.77. The Morgan fingerprint density at radius 2 is 1.84 bits per heavy atom. The SMILES string of the molecule is CCCCNc1nc(N)c2c(n1)N(CCCCN1CCN(CC3CC3)CC1)C(C=O)N2. The highest BCUT2D eigenvalue weighted by Gasteiger charge is 2.32. The van der Waals surface area contributed by atoms with Crippen molar-refractivity contribution in [3.8, 4) is 0 Å². The first-order chi connectivity index (χ1) is 15.2. The van der Waals surface area contributed by atoms with Crippen LogP contribution in [0.2, 0.25) is 0 Å². The second-order valence-corrected chi connectivity index (χ2v) is 9.12. The molecule has 1 aromatic heterocycles. The van der Waals surface area contributed by atoms with Gasteiger partial charge in [-0.1, -0.05) is 13.3 Å². The lowest BCUT2D eigenvalue weighted by Crippen LogP contribution is -2.47. The Bertz CT molecular complexity index is 732. The van der Waals surface area contributed by atoms with Gasteiger partial charge in [0.1, 0.15) is 5.69 Å². The van der Waals surface area contributed by atoms with Crippen molar-refractivity contribution in [1.29, 1.82) is 0 Å². The number of unbranched alkanes of at least 4 members (excludes halogenated alkanes) is 2. The van der Waals surface area contributed by atoms with Crippen LogP contribution >= 0.6 is 0 Å². The number of aromatic nitrogens is 2. The molecule has 0 spiro atoms. The van der Waals surface area contributed by atoms with Gasteiger partial charge < -0.3 is 31.1 Å². The van der Waals surface area contributed by atoms with Crippen LogP contribution in [-0.4, -0.2) is 84.6 Å². The first kappa shape index (κ1) is 22.1. The summed E-state index contributed by atoms with van der Waals surface area (Å²) in [5, 5.41) is 6.42. The summed E-state index contributed by atoms with van der Waals surface area (Å²) in [6, 6.07) is 0. The van der Waals surface area contributed by atoms with Gasteiger partial charge in [0, 0.05) is 45.8 Å². The molecule has 3 aliphatic rings. The zero-order valence-electron chi connectivity index (χ0n) is 18.9. The molecule has 0 radical (unpaired) electrons. The van der Waals surface area contributed by atoms with Gasteiger partial charge in [-0.25, -0.2) is 0 Å². The minimum atomic E-state index is -0.427. The van der Waals surface area contributed by atoms with Crippen LogP contribution in [0.4, 0.5) is 23.3 Å². The van der Waals surface area contributed by atoms with Crippen LogP contribution in [0, 0.1) is 5.92 Å². The smallest absolute Gasteiger partial charge is 0.226 e. The molecule has 0 amide bonds. The molecule has 1 aliphatic carbocycles. The molecule has 9 heteroatoms. The van der Waals surface area contributed by atoms with Crippen molar-refractivity contribution < 1.29 is 4.79 Å². The maximum absolute atomic E-state index is 11.7. The van der Waals surface area contributed by atoms with Crippen molar-refractivity contribution in [3.05, 3.63) is 0 Å². The van der Waals surface area contributed by atoms with Crippen molar-refractivity contribution in [1.82, 2.24) is 19.8 Å². The topological polar surface area (TPSA) is 103 Å². The van der Waals surface area contributed by atoms with E-state index in [0.717, 1.165) is 63.3 Å². The van der Waals surface area contributed by atoms with E-state index in [0.29, 0.717) is 17.5 Å². The fourth-order valence-corrected chi connectivity index (χ4v) is 4.46. The Morgan fingerprint density at radius 3 is 2.55 bits per heavy atom. The van der Waals surface area contributed by atoms with E-state index in [1.165, 1.54) is 45.6 Å². The van der Waals surface area contributed by atoms with E-state index in [2.05, 4.69) is 37.3 Å². The summed E-state index contributed by atoms with van der Waals surface area (Å²) in [5.41, 5.74) is 6.82. The van der Waals surface area contributed by atoms with Crippen molar-refractivity contribution in [2.45, 2.75) is 51.6 Å². The summed E-state index contributed by atoms with van der Waals surface area (Å²) in [4.78, 5) is 27.9. The molecular weight excluding hydrogens is 392 g/mol. The van der Waals surface area contributed by atoms with Crippen LogP contribution in [0.3, 0.4) is 0 Å². The fourth-order valence-electron chi connectivity index (χ4n) is 4.46. The van der Waals surface area contributed by atoms with E-state index in [9.17, 15) is 4.79 Å². The van der Waals surface area contributed by atoms with Crippen molar-refractivity contribution in [2.75, 3.05) is 73.6 Å². The van der Waals surface area contributed by atoms with Gasteiger partial charge in [0.05, 0.1) is 0 Å². The summed E-state index contributed by atoms with van der Waals surface area (Å²) >= 11 is 0. The maximum Gasteiger partial charge on any atom is 0.226 e. The number of aldehydes is 1. The summed E-state index contributed by atoms with van der Waals surface area (Å²) in [7, 11) is 0. The van der Waals surface area contributed by atoms with Gasteiger partial charge in [-0.3, -0.25) is 4.79 Å². The Kier molecular flexibility index (Phi) is 7.45. The fraction of sp³-hybridized carbons (Fsp3) is 0.773. The van der Waals surface area contributed by atoms with Gasteiger partial charge in [0.15, 0.2) is 24.1 Å². The van der Waals surface area contributed by atoms with Gasteiger partial charge in [0.25, 0.3) is 0 Å². The number of carbonyl (C=O) groups excluding carboxylic acids is 1. The lowest BCUT2D eigenvalue weighted by Gasteiger charge is -2.34. The molecule has 1 saturated heterocycles. The zero-order chi connectivity index (χ0) is 21.6. The zero-order valence-corrected chi connectivity index (χ0v) is 18.9. The van der Waals surface area contributed by atoms with E-state index in [1.807, 2.05) is 4.90 Å². The summed E-state index contributed by atoms with van der Waals surface area (Å²) in [6.07, 6.45) is 7.64. The number of nitrogens with two attached hydrogens (primary N) is 1. The number of nitrogens with zero attached hydrogens (tertiary/aromatic N) is 5. The molecule has 0 bridgehead atoms. The average Bonchev–Trinajstić information content (AvgIpc) is 3.52. The Hall–Kier alpha value is -2.13. The van der Waals surface area contributed by atoms with E-state index < -0.39 is 6.17 Å². The molecule has 3 heterocycles. The number of rotatable bonds is 12. The number of nitrogen functional groups attached to an aromatic ring is 1. The molecule has 2 fully saturated rings. The first-order valence-electron chi connectivity index (χ1n) is 12.0. The minimum absolute atomic E-state index is 0.391. The largest absolute Gasteiger partial charge is 0.382 e. The number of hydrogen-bond acceptors (Lipinski definition) is 9. The number of piperazine rings is 1. The summed E-state index contributed by atoms with van der Waals surface area (Å²) < 4.78 is 0. The highest BCUT2D eigenvalue weighted by molar-refractivity contribution is 5.88. The van der Waals surface area contributed by atoms with Crippen LogP contribution in [0.15, 0.2) is 0 Å². The predicted octanol–water partition coefficient (Wildman–Crippen LogP) is 1.84. The number of fused-ring (bicyclic) bond motifs is 1. The lowest BCUT2D eigenvalue weighted by molar-refractivity contribution is -0.108. The number of hydrogen-bond donors (Lipinski definition) is 3. The second kappa shape index (κ2) is 10.5. The van der Waals surface area contributed by atoms with E-state index in [-0.39, 0.29) is 0 Å². The van der Waals surface area contributed by atoms with E-state index in [4.69, 9.17) is 5.73 Å². The summed E-state index contributed by atoms with van der Waals surface area (Å²) in [5.74, 6) is 2.64. The van der Waals surface area contributed by atoms with Gasteiger partial charge in [-0.05, 0) is 44.6 Å². The van der Waals surface area contributed by atoms with Gasteiger partial charge in [-0.2, -0.15) is 9.97 Å². The monoisotopic (exact) mass is 430 g/mol. The van der Waals surface area contributed by atoms with Crippen molar-refractivity contribution in [3.63, 3.8) is 0 Å². The second-order valence-electron chi connectivity index (χ2n) is 9.12. The van der Waals surface area contributed by atoms with Crippen LogP contribution in [0.25, 0.3) is 0 Å². The molecule has 4 rings (SSSR count). The third-order valence-electron chi connectivity index (χ3n) is 6.56. The predicted molar refractivity (Wildman–Crippen MR) is 126 cm³/mol. The lowest BCUT2D eigenvalue weighted by atomic mass is 10.2. The molecule has 172 valence electrons. The van der Waals surface area contributed by atoms with E-state index >= 15 is 0 Å². The van der Waals surface area contributed by atoms with Crippen LogP contribution in [0.5, 0.6) is 0 Å². The van der Waals surface area contributed by atoms with Crippen LogP contribution < -0.4 is 21.3 Å². The van der Waals surface area contributed by atoms with Crippen LogP contribution in [-0.2, 0) is 4.79 Å². The average molecular weight is 431 g/mol. The van der Waals surface area contributed by atoms with Gasteiger partial charge in [0.2, 0.25) is 5.95 Å². The molecule has 4 N–H and O–H groups in total. The molecule has 9 nitrogen and oxygen atoms in total. The normalized spacial score (nSPS) is 21.7. The van der Waals surface area contributed by atoms with E-state index in [1.54, 1.807) is 0 Å². The molecule has 1 unspecified atom stereocenters. The molecule has 31 heavy (non-hydrogen) atoms. The Balaban J connectivity index is 1.25. The van der Waals surface area contributed by atoms with Crippen molar-refractivity contribution in [2.24, 2.45) is 5.92 Å². The molecule has 0 aromatic carbocycles. The highest BCUT2D eigenvalue weighted by Crippen LogP contribution is 2.37. The molecule has 1 aromatic rings. The molecule has 2 aliphatic heterocycles. The number of carbonyl (C=O) groups is 1. The van der Waals surface area contributed by atoms with Crippen molar-refractivity contribution >= 4 is 29.6 Å². The highest BCUT2D eigenvalue weighted by atomic mass is 16.1. The van der Waals surface area contributed by atoms with Gasteiger partial charge in [-0.15, -0.1) is 0 Å². The first-order valence-corrected chi connectivity index (χ1v) is 12.0. The third-order valence-corrected chi connectivity index (χ3v) is 6.56. The van der Waals surface area contributed by atoms with Crippen LogP contribution in [0.1, 0.15) is 45.4 Å². The quantitative estimate of drug-likeness (QED) is 0.338. The van der Waals surface area contributed by atoms with Gasteiger partial charge >= 0.3 is 0 Å². The molecule has 1 saturated carbocycles. The number of anilines is 4. The Labute approximate surface area is 185 Å². The molecule has 1 atom stereocenters.